The van der Waals surface area contributed by atoms with Gasteiger partial charge in [0.2, 0.25) is 0 Å². The standard InChI is InChI=1S/C15H17N3O4S/c1-10-8-11-6-4-5-7-12(11)18(10)23(21,22)13-9-16(2)15(20)17(3)14(13)19/h4-7,9-10H,8H2,1-3H3/t10-/m1/s1. The van der Waals surface area contributed by atoms with E-state index in [1.54, 1.807) is 19.1 Å². The molecule has 2 aromatic rings. The molecule has 0 aliphatic carbocycles. The maximum absolute atomic E-state index is 13.0. The van der Waals surface area contributed by atoms with Gasteiger partial charge in [-0.2, -0.15) is 0 Å². The van der Waals surface area contributed by atoms with E-state index in [-0.39, 0.29) is 6.04 Å². The number of hydrogen-bond acceptors (Lipinski definition) is 4. The zero-order valence-electron chi connectivity index (χ0n) is 13.1. The summed E-state index contributed by atoms with van der Waals surface area (Å²) >= 11 is 0. The van der Waals surface area contributed by atoms with Crippen LogP contribution in [0.3, 0.4) is 0 Å². The molecule has 1 aromatic carbocycles. The fraction of sp³-hybridized carbons (Fsp3) is 0.333. The predicted octanol–water partition coefficient (Wildman–Crippen LogP) is 0.224. The lowest BCUT2D eigenvalue weighted by atomic mass is 10.1. The smallest absolute Gasteiger partial charge is 0.302 e. The molecule has 7 nitrogen and oxygen atoms in total. The van der Waals surface area contributed by atoms with Gasteiger partial charge in [0.05, 0.1) is 5.69 Å². The van der Waals surface area contributed by atoms with Gasteiger partial charge in [0.15, 0.2) is 4.90 Å². The summed E-state index contributed by atoms with van der Waals surface area (Å²) in [5, 5.41) is 0. The third-order valence-electron chi connectivity index (χ3n) is 4.10. The number of sulfonamides is 1. The summed E-state index contributed by atoms with van der Waals surface area (Å²) in [5.41, 5.74) is 0.120. The van der Waals surface area contributed by atoms with Crippen molar-refractivity contribution in [3.05, 3.63) is 56.9 Å². The molecule has 1 aromatic heterocycles. The molecule has 0 N–H and O–H groups in total. The molecule has 0 fully saturated rings. The van der Waals surface area contributed by atoms with Crippen LogP contribution < -0.4 is 15.6 Å². The van der Waals surface area contributed by atoms with Crippen LogP contribution in [0.5, 0.6) is 0 Å². The Kier molecular flexibility index (Phi) is 3.44. The van der Waals surface area contributed by atoms with E-state index in [0.717, 1.165) is 20.9 Å². The molecule has 0 radical (unpaired) electrons. The van der Waals surface area contributed by atoms with Crippen molar-refractivity contribution in [3.8, 4) is 0 Å². The summed E-state index contributed by atoms with van der Waals surface area (Å²) in [4.78, 5) is 23.7. The minimum atomic E-state index is -4.05. The largest absolute Gasteiger partial charge is 0.330 e. The van der Waals surface area contributed by atoms with E-state index >= 15 is 0 Å². The zero-order valence-corrected chi connectivity index (χ0v) is 13.9. The van der Waals surface area contributed by atoms with Crippen LogP contribution in [-0.2, 0) is 30.5 Å². The SMILES string of the molecule is C[C@@H]1Cc2ccccc2N1S(=O)(=O)c1cn(C)c(=O)n(C)c1=O. The first kappa shape index (κ1) is 15.5. The van der Waals surface area contributed by atoms with Gasteiger partial charge < -0.3 is 4.57 Å². The van der Waals surface area contributed by atoms with Crippen LogP contribution in [0.4, 0.5) is 5.69 Å². The van der Waals surface area contributed by atoms with Gasteiger partial charge in [-0.3, -0.25) is 13.7 Å². The lowest BCUT2D eigenvalue weighted by Crippen LogP contribution is -2.44. The topological polar surface area (TPSA) is 81.4 Å². The van der Waals surface area contributed by atoms with Crippen LogP contribution in [0.15, 0.2) is 44.9 Å². The van der Waals surface area contributed by atoms with Crippen molar-refractivity contribution in [2.24, 2.45) is 14.1 Å². The minimum absolute atomic E-state index is 0.292. The molecule has 0 saturated heterocycles. The van der Waals surface area contributed by atoms with Gasteiger partial charge in [0, 0.05) is 26.3 Å². The molecule has 122 valence electrons. The van der Waals surface area contributed by atoms with E-state index in [0.29, 0.717) is 12.1 Å². The lowest BCUT2D eigenvalue weighted by Gasteiger charge is -2.24. The first-order valence-corrected chi connectivity index (χ1v) is 8.58. The Morgan fingerprint density at radius 1 is 1.13 bits per heavy atom. The second-order valence-electron chi connectivity index (χ2n) is 5.73. The molecule has 1 atom stereocenters. The van der Waals surface area contributed by atoms with Crippen LogP contribution in [0.1, 0.15) is 12.5 Å². The molecule has 3 rings (SSSR count). The van der Waals surface area contributed by atoms with Crippen LogP contribution in [-0.4, -0.2) is 23.6 Å². The summed E-state index contributed by atoms with van der Waals surface area (Å²) in [7, 11) is -1.37. The first-order valence-electron chi connectivity index (χ1n) is 7.14. The maximum Gasteiger partial charge on any atom is 0.330 e. The summed E-state index contributed by atoms with van der Waals surface area (Å²) in [5.74, 6) is 0. The van der Waals surface area contributed by atoms with Crippen molar-refractivity contribution in [1.29, 1.82) is 0 Å². The van der Waals surface area contributed by atoms with Crippen molar-refractivity contribution in [2.75, 3.05) is 4.31 Å². The number of benzene rings is 1. The highest BCUT2D eigenvalue weighted by Crippen LogP contribution is 2.35. The highest BCUT2D eigenvalue weighted by atomic mass is 32.2. The minimum Gasteiger partial charge on any atom is -0.302 e. The summed E-state index contributed by atoms with van der Waals surface area (Å²) in [6.45, 7) is 1.80. The normalized spacial score (nSPS) is 17.3. The van der Waals surface area contributed by atoms with Gasteiger partial charge in [0.1, 0.15) is 0 Å². The van der Waals surface area contributed by atoms with E-state index in [2.05, 4.69) is 0 Å². The lowest BCUT2D eigenvalue weighted by molar-refractivity contribution is 0.573. The Balaban J connectivity index is 2.26. The van der Waals surface area contributed by atoms with Crippen LogP contribution >= 0.6 is 0 Å². The van der Waals surface area contributed by atoms with Crippen molar-refractivity contribution in [1.82, 2.24) is 9.13 Å². The molecular formula is C15H17N3O4S. The number of rotatable bonds is 2. The number of nitrogens with zero attached hydrogens (tertiary/aromatic N) is 3. The fourth-order valence-corrected chi connectivity index (χ4v) is 4.81. The van der Waals surface area contributed by atoms with Crippen LogP contribution in [0, 0.1) is 0 Å². The van der Waals surface area contributed by atoms with Gasteiger partial charge >= 0.3 is 5.69 Å². The molecule has 1 aliphatic heterocycles. The van der Waals surface area contributed by atoms with Crippen molar-refractivity contribution >= 4 is 15.7 Å². The first-order chi connectivity index (χ1) is 10.7. The molecule has 0 spiro atoms. The third kappa shape index (κ3) is 2.21. The molecule has 8 heteroatoms. The van der Waals surface area contributed by atoms with E-state index in [9.17, 15) is 18.0 Å². The monoisotopic (exact) mass is 335 g/mol. The Labute approximate surface area is 133 Å². The Hall–Kier alpha value is -2.35. The zero-order chi connectivity index (χ0) is 16.9. The third-order valence-corrected chi connectivity index (χ3v) is 6.01. The van der Waals surface area contributed by atoms with Gasteiger partial charge in [0.25, 0.3) is 15.6 Å². The molecular weight excluding hydrogens is 318 g/mol. The molecule has 0 saturated carbocycles. The number of aromatic nitrogens is 2. The maximum atomic E-state index is 13.0. The highest BCUT2D eigenvalue weighted by molar-refractivity contribution is 7.92. The second kappa shape index (κ2) is 5.09. The Morgan fingerprint density at radius 2 is 1.78 bits per heavy atom. The van der Waals surface area contributed by atoms with Crippen LogP contribution in [0.25, 0.3) is 0 Å². The quantitative estimate of drug-likeness (QED) is 0.786. The fourth-order valence-electron chi connectivity index (χ4n) is 2.96. The summed E-state index contributed by atoms with van der Waals surface area (Å²) in [6, 6.07) is 6.92. The van der Waals surface area contributed by atoms with E-state index in [1.165, 1.54) is 18.4 Å². The molecule has 1 aliphatic rings. The molecule has 2 heterocycles. The van der Waals surface area contributed by atoms with Gasteiger partial charge in [-0.15, -0.1) is 0 Å². The van der Waals surface area contributed by atoms with Gasteiger partial charge in [-0.1, -0.05) is 18.2 Å². The van der Waals surface area contributed by atoms with Crippen molar-refractivity contribution in [2.45, 2.75) is 24.3 Å². The predicted molar refractivity (Wildman–Crippen MR) is 86.2 cm³/mol. The van der Waals surface area contributed by atoms with Gasteiger partial charge in [-0.25, -0.2) is 13.2 Å². The summed E-state index contributed by atoms with van der Waals surface area (Å²) < 4.78 is 29.3. The molecule has 23 heavy (non-hydrogen) atoms. The van der Waals surface area contributed by atoms with Crippen LogP contribution in [0.2, 0.25) is 0 Å². The van der Waals surface area contributed by atoms with Crippen molar-refractivity contribution in [3.63, 3.8) is 0 Å². The van der Waals surface area contributed by atoms with Crippen molar-refractivity contribution < 1.29 is 8.42 Å². The average Bonchev–Trinajstić information content (AvgIpc) is 2.85. The molecule has 0 amide bonds. The summed E-state index contributed by atoms with van der Waals surface area (Å²) in [6.07, 6.45) is 1.68. The number of aryl methyl sites for hydroxylation is 1. The number of anilines is 1. The molecule has 0 unspecified atom stereocenters. The highest BCUT2D eigenvalue weighted by Gasteiger charge is 2.37. The Morgan fingerprint density at radius 3 is 2.48 bits per heavy atom. The number of hydrogen-bond donors (Lipinski definition) is 0. The van der Waals surface area contributed by atoms with Gasteiger partial charge in [-0.05, 0) is 25.0 Å². The van der Waals surface area contributed by atoms with E-state index in [4.69, 9.17) is 0 Å². The van der Waals surface area contributed by atoms with E-state index < -0.39 is 26.2 Å². The Bertz CT molecular complexity index is 1000. The number of fused-ring (bicyclic) bond motifs is 1. The number of para-hydroxylation sites is 1. The molecule has 0 bridgehead atoms. The average molecular weight is 335 g/mol. The second-order valence-corrected chi connectivity index (χ2v) is 7.52. The van der Waals surface area contributed by atoms with E-state index in [1.807, 2.05) is 12.1 Å².